The summed E-state index contributed by atoms with van der Waals surface area (Å²) in [7, 11) is 2.25. The predicted octanol–water partition coefficient (Wildman–Crippen LogP) is 4.34. The van der Waals surface area contributed by atoms with Gasteiger partial charge in [-0.15, -0.1) is 0 Å². The highest BCUT2D eigenvalue weighted by Crippen LogP contribution is 2.26. The molecule has 1 saturated carbocycles. The average Bonchev–Trinajstić information content (AvgIpc) is 2.41. The molecule has 1 unspecified atom stereocenters. The third kappa shape index (κ3) is 7.38. The van der Waals surface area contributed by atoms with E-state index in [1.54, 1.807) is 0 Å². The Balaban J connectivity index is 0.00000137. The maximum absolute atomic E-state index is 5.73. The van der Waals surface area contributed by atoms with Crippen molar-refractivity contribution < 1.29 is 4.74 Å². The monoisotopic (exact) mass is 257 g/mol. The quantitative estimate of drug-likeness (QED) is 0.702. The maximum atomic E-state index is 5.73. The van der Waals surface area contributed by atoms with Gasteiger partial charge in [0, 0.05) is 12.6 Å². The second kappa shape index (κ2) is 10.8. The van der Waals surface area contributed by atoms with Crippen molar-refractivity contribution in [2.24, 2.45) is 5.92 Å². The van der Waals surface area contributed by atoms with Gasteiger partial charge in [0.05, 0.1) is 12.7 Å². The molecule has 0 aliphatic heterocycles. The molecule has 0 N–H and O–H groups in total. The summed E-state index contributed by atoms with van der Waals surface area (Å²) in [6, 6.07) is 0.803. The number of ether oxygens (including phenoxy) is 1. The van der Waals surface area contributed by atoms with Gasteiger partial charge in [0.1, 0.15) is 0 Å². The minimum absolute atomic E-state index is 0.416. The lowest BCUT2D eigenvalue weighted by atomic mass is 9.87. The first-order valence-corrected chi connectivity index (χ1v) is 7.95. The Kier molecular flexibility index (Phi) is 10.8. The fourth-order valence-corrected chi connectivity index (χ4v) is 2.38. The minimum atomic E-state index is 0.416. The van der Waals surface area contributed by atoms with E-state index in [-0.39, 0.29) is 0 Å². The zero-order valence-electron chi connectivity index (χ0n) is 13.5. The first kappa shape index (κ1) is 17.9. The van der Waals surface area contributed by atoms with Gasteiger partial charge in [0.15, 0.2) is 0 Å². The van der Waals surface area contributed by atoms with Crippen molar-refractivity contribution in [1.82, 2.24) is 4.90 Å². The Morgan fingerprint density at radius 2 is 1.72 bits per heavy atom. The van der Waals surface area contributed by atoms with Gasteiger partial charge < -0.3 is 9.64 Å². The van der Waals surface area contributed by atoms with E-state index >= 15 is 0 Å². The summed E-state index contributed by atoms with van der Waals surface area (Å²) in [6.07, 6.45) is 7.09. The van der Waals surface area contributed by atoms with Crippen LogP contribution in [0.1, 0.15) is 66.7 Å². The normalized spacial score (nSPS) is 25.5. The summed E-state index contributed by atoms with van der Waals surface area (Å²) < 4.78 is 5.73. The Morgan fingerprint density at radius 3 is 2.22 bits per heavy atom. The number of hydrogen-bond acceptors (Lipinski definition) is 2. The molecule has 0 radical (unpaired) electrons. The SMILES string of the molecule is CC.CCC(C)OCCN(C)C1CCC(C)CC1. The second-order valence-corrected chi connectivity index (χ2v) is 5.48. The molecule has 1 atom stereocenters. The molecule has 1 aliphatic carbocycles. The van der Waals surface area contributed by atoms with Crippen LogP contribution >= 0.6 is 0 Å². The lowest BCUT2D eigenvalue weighted by molar-refractivity contribution is 0.0386. The van der Waals surface area contributed by atoms with E-state index < -0.39 is 0 Å². The average molecular weight is 257 g/mol. The van der Waals surface area contributed by atoms with Crippen molar-refractivity contribution in [3.05, 3.63) is 0 Å². The highest BCUT2D eigenvalue weighted by atomic mass is 16.5. The van der Waals surface area contributed by atoms with Gasteiger partial charge in [-0.05, 0) is 52.0 Å². The van der Waals surface area contributed by atoms with Gasteiger partial charge in [-0.1, -0.05) is 27.7 Å². The van der Waals surface area contributed by atoms with Crippen LogP contribution in [-0.4, -0.2) is 37.2 Å². The molecule has 1 fully saturated rings. The topological polar surface area (TPSA) is 12.5 Å². The predicted molar refractivity (Wildman–Crippen MR) is 81.1 cm³/mol. The van der Waals surface area contributed by atoms with Crippen LogP contribution in [0, 0.1) is 5.92 Å². The summed E-state index contributed by atoms with van der Waals surface area (Å²) in [5.74, 6) is 0.945. The summed E-state index contributed by atoms with van der Waals surface area (Å²) in [5, 5.41) is 0. The molecule has 1 rings (SSSR count). The van der Waals surface area contributed by atoms with Crippen LogP contribution in [-0.2, 0) is 4.74 Å². The molecule has 0 aromatic heterocycles. The van der Waals surface area contributed by atoms with Gasteiger partial charge in [0.2, 0.25) is 0 Å². The molecule has 0 heterocycles. The van der Waals surface area contributed by atoms with Crippen LogP contribution in [0.5, 0.6) is 0 Å². The number of likely N-dealkylation sites (N-methyl/N-ethyl adjacent to an activating group) is 1. The molecule has 0 bridgehead atoms. The number of rotatable bonds is 6. The van der Waals surface area contributed by atoms with E-state index in [2.05, 4.69) is 32.7 Å². The highest BCUT2D eigenvalue weighted by molar-refractivity contribution is 4.76. The van der Waals surface area contributed by atoms with E-state index in [0.29, 0.717) is 6.10 Å². The van der Waals surface area contributed by atoms with Crippen molar-refractivity contribution in [2.45, 2.75) is 78.9 Å². The van der Waals surface area contributed by atoms with Gasteiger partial charge in [-0.3, -0.25) is 0 Å². The van der Waals surface area contributed by atoms with Crippen LogP contribution < -0.4 is 0 Å². The maximum Gasteiger partial charge on any atom is 0.0597 e. The minimum Gasteiger partial charge on any atom is -0.377 e. The third-order valence-electron chi connectivity index (χ3n) is 4.03. The number of nitrogens with zero attached hydrogens (tertiary/aromatic N) is 1. The highest BCUT2D eigenvalue weighted by Gasteiger charge is 2.21. The van der Waals surface area contributed by atoms with Crippen molar-refractivity contribution in [1.29, 1.82) is 0 Å². The summed E-state index contributed by atoms with van der Waals surface area (Å²) >= 11 is 0. The first-order chi connectivity index (χ1) is 8.63. The van der Waals surface area contributed by atoms with Crippen molar-refractivity contribution in [3.8, 4) is 0 Å². The molecule has 2 nitrogen and oxygen atoms in total. The molecule has 2 heteroatoms. The van der Waals surface area contributed by atoms with E-state index in [1.807, 2.05) is 13.8 Å². The van der Waals surface area contributed by atoms with Crippen molar-refractivity contribution >= 4 is 0 Å². The van der Waals surface area contributed by atoms with Crippen LogP contribution in [0.4, 0.5) is 0 Å². The van der Waals surface area contributed by atoms with Crippen LogP contribution in [0.25, 0.3) is 0 Å². The fraction of sp³-hybridized carbons (Fsp3) is 1.00. The molecule has 18 heavy (non-hydrogen) atoms. The van der Waals surface area contributed by atoms with Crippen LogP contribution in [0.3, 0.4) is 0 Å². The Hall–Kier alpha value is -0.0800. The zero-order valence-corrected chi connectivity index (χ0v) is 13.5. The van der Waals surface area contributed by atoms with Gasteiger partial charge in [-0.2, -0.15) is 0 Å². The molecule has 110 valence electrons. The van der Waals surface area contributed by atoms with Gasteiger partial charge >= 0.3 is 0 Å². The molecule has 0 spiro atoms. The van der Waals surface area contributed by atoms with Crippen molar-refractivity contribution in [2.75, 3.05) is 20.2 Å². The standard InChI is InChI=1S/C14H29NO.C2H6/c1-5-13(3)16-11-10-15(4)14-8-6-12(2)7-9-14;1-2/h12-14H,5-11H2,1-4H3;1-2H3. The lowest BCUT2D eigenvalue weighted by Gasteiger charge is -2.33. The molecule has 0 aromatic rings. The summed E-state index contributed by atoms with van der Waals surface area (Å²) in [5.41, 5.74) is 0. The van der Waals surface area contributed by atoms with Crippen molar-refractivity contribution in [3.63, 3.8) is 0 Å². The largest absolute Gasteiger partial charge is 0.377 e. The molecule has 0 aromatic carbocycles. The first-order valence-electron chi connectivity index (χ1n) is 7.95. The second-order valence-electron chi connectivity index (χ2n) is 5.48. The van der Waals surface area contributed by atoms with Gasteiger partial charge in [0.25, 0.3) is 0 Å². The third-order valence-corrected chi connectivity index (χ3v) is 4.03. The summed E-state index contributed by atoms with van der Waals surface area (Å²) in [6.45, 7) is 12.7. The lowest BCUT2D eigenvalue weighted by Crippen LogP contribution is -2.37. The molecule has 0 saturated heterocycles. The zero-order chi connectivity index (χ0) is 14.0. The van der Waals surface area contributed by atoms with Crippen LogP contribution in [0.2, 0.25) is 0 Å². The Bertz CT molecular complexity index is 176. The Morgan fingerprint density at radius 1 is 1.17 bits per heavy atom. The molecular formula is C16H35NO. The van der Waals surface area contributed by atoms with E-state index in [0.717, 1.165) is 31.5 Å². The molecule has 0 amide bonds. The number of hydrogen-bond donors (Lipinski definition) is 0. The van der Waals surface area contributed by atoms with E-state index in [1.165, 1.54) is 25.7 Å². The smallest absolute Gasteiger partial charge is 0.0597 e. The molecular weight excluding hydrogens is 222 g/mol. The van der Waals surface area contributed by atoms with Crippen LogP contribution in [0.15, 0.2) is 0 Å². The van der Waals surface area contributed by atoms with E-state index in [9.17, 15) is 0 Å². The fourth-order valence-electron chi connectivity index (χ4n) is 2.38. The Labute approximate surface area is 115 Å². The van der Waals surface area contributed by atoms with Gasteiger partial charge in [-0.25, -0.2) is 0 Å². The molecule has 1 aliphatic rings. The van der Waals surface area contributed by atoms with E-state index in [4.69, 9.17) is 4.74 Å². The summed E-state index contributed by atoms with van der Waals surface area (Å²) in [4.78, 5) is 2.49.